The number of Topliss-reactive ketones (excluding diaryl/α,β-unsaturated/α-hetero) is 1. The second kappa shape index (κ2) is 9.83. The van der Waals surface area contributed by atoms with Crippen LogP contribution in [0, 0.1) is 23.2 Å². The van der Waals surface area contributed by atoms with Gasteiger partial charge in [0.25, 0.3) is 5.91 Å². The topological polar surface area (TPSA) is 73.2 Å². The minimum atomic E-state index is 0.0217. The van der Waals surface area contributed by atoms with Gasteiger partial charge in [-0.05, 0) is 69.9 Å². The number of aryl methyl sites for hydroxylation is 1. The van der Waals surface area contributed by atoms with Crippen LogP contribution in [-0.4, -0.2) is 42.3 Å². The first-order chi connectivity index (χ1) is 15.0. The molecule has 3 aliphatic carbocycles. The van der Waals surface area contributed by atoms with Crippen molar-refractivity contribution in [2.45, 2.75) is 89.6 Å². The molecule has 2 saturated carbocycles. The number of hydrogen-bond acceptors (Lipinski definition) is 5. The normalized spacial score (nSPS) is 21.4. The third-order valence-electron chi connectivity index (χ3n) is 7.25. The van der Waals surface area contributed by atoms with Crippen molar-refractivity contribution in [3.63, 3.8) is 0 Å². The number of carbonyl (C=O) groups is 2. The summed E-state index contributed by atoms with van der Waals surface area (Å²) in [6.07, 6.45) is 10.3. The number of carbonyl (C=O) groups excluding carboxylic acids is 2. The summed E-state index contributed by atoms with van der Waals surface area (Å²) in [5.74, 6) is 1.18. The summed E-state index contributed by atoms with van der Waals surface area (Å²) in [6.45, 7) is 2.92. The molecule has 168 valence electrons. The van der Waals surface area contributed by atoms with Crippen molar-refractivity contribution in [1.29, 1.82) is 5.26 Å². The first-order valence-electron chi connectivity index (χ1n) is 12.0. The van der Waals surface area contributed by atoms with E-state index in [2.05, 4.69) is 30.3 Å². The summed E-state index contributed by atoms with van der Waals surface area (Å²) < 4.78 is 0. The Bertz CT molecular complexity index is 863. The molecule has 0 bridgehead atoms. The van der Waals surface area contributed by atoms with Crippen LogP contribution >= 0.6 is 11.3 Å². The highest BCUT2D eigenvalue weighted by atomic mass is 32.1. The third-order valence-corrected chi connectivity index (χ3v) is 8.54. The molecule has 3 aliphatic rings. The van der Waals surface area contributed by atoms with Crippen LogP contribution in [0.25, 0.3) is 0 Å². The van der Waals surface area contributed by atoms with Gasteiger partial charge in [-0.2, -0.15) is 5.26 Å². The van der Waals surface area contributed by atoms with Crippen molar-refractivity contribution >= 4 is 23.0 Å². The average molecular weight is 442 g/mol. The van der Waals surface area contributed by atoms with Crippen LogP contribution in [0.1, 0.15) is 84.0 Å². The molecule has 1 aromatic rings. The molecule has 1 N–H and O–H groups in total. The number of thiophene rings is 1. The van der Waals surface area contributed by atoms with Crippen LogP contribution in [0.3, 0.4) is 0 Å². The molecular weight excluding hydrogens is 406 g/mol. The highest BCUT2D eigenvalue weighted by Crippen LogP contribution is 2.39. The van der Waals surface area contributed by atoms with Gasteiger partial charge in [0.05, 0.1) is 18.1 Å². The van der Waals surface area contributed by atoms with Crippen LogP contribution in [0.5, 0.6) is 0 Å². The van der Waals surface area contributed by atoms with E-state index in [1.807, 2.05) is 0 Å². The fourth-order valence-electron chi connectivity index (χ4n) is 4.90. The lowest BCUT2D eigenvalue weighted by atomic mass is 9.88. The highest BCUT2D eigenvalue weighted by Gasteiger charge is 2.35. The Morgan fingerprint density at radius 3 is 2.68 bits per heavy atom. The maximum absolute atomic E-state index is 13.2. The molecule has 2 fully saturated rings. The van der Waals surface area contributed by atoms with Crippen LogP contribution < -0.4 is 5.32 Å². The second-order valence-corrected chi connectivity index (χ2v) is 10.9. The molecule has 0 radical (unpaired) electrons. The number of amides is 1. The van der Waals surface area contributed by atoms with Crippen LogP contribution in [0.4, 0.5) is 0 Å². The number of nitriles is 1. The Hall–Kier alpha value is -1.71. The average Bonchev–Trinajstić information content (AvgIpc) is 3.67. The zero-order valence-electron chi connectivity index (χ0n) is 18.9. The van der Waals surface area contributed by atoms with E-state index in [4.69, 9.17) is 0 Å². The Labute approximate surface area is 190 Å². The zero-order chi connectivity index (χ0) is 22.0. The molecule has 4 rings (SSSR count). The van der Waals surface area contributed by atoms with Gasteiger partial charge in [0.2, 0.25) is 0 Å². The molecule has 1 aromatic heterocycles. The lowest BCUT2D eigenvalue weighted by Crippen LogP contribution is -2.43. The van der Waals surface area contributed by atoms with Crippen molar-refractivity contribution < 1.29 is 9.59 Å². The second-order valence-electron chi connectivity index (χ2n) is 9.74. The van der Waals surface area contributed by atoms with E-state index >= 15 is 0 Å². The van der Waals surface area contributed by atoms with Crippen LogP contribution in [0.15, 0.2) is 0 Å². The molecule has 6 heteroatoms. The summed E-state index contributed by atoms with van der Waals surface area (Å²) in [6, 6.07) is 2.96. The SMILES string of the molecule is CCCC(CC#N)N(C)[C@H]1CCc2sc(CC(=O)C3CC3)c(C(=O)NCC3CC3)c2C1. The van der Waals surface area contributed by atoms with E-state index in [9.17, 15) is 14.9 Å². The fraction of sp³-hybridized carbons (Fsp3) is 0.720. The molecule has 0 saturated heterocycles. The fourth-order valence-corrected chi connectivity index (χ4v) is 6.26. The Morgan fingerprint density at radius 1 is 1.26 bits per heavy atom. The van der Waals surface area contributed by atoms with Gasteiger partial charge in [0, 0.05) is 40.7 Å². The van der Waals surface area contributed by atoms with E-state index in [0.717, 1.165) is 61.9 Å². The largest absolute Gasteiger partial charge is 0.352 e. The van der Waals surface area contributed by atoms with E-state index in [1.165, 1.54) is 23.3 Å². The molecule has 5 nitrogen and oxygen atoms in total. The molecule has 31 heavy (non-hydrogen) atoms. The standard InChI is InChI=1S/C25H35N3O2S/c1-3-4-18(11-12-26)28(2)19-9-10-22-20(13-19)24(25(30)27-15-16-5-6-16)23(31-22)14-21(29)17-7-8-17/h16-19H,3-11,13-15H2,1-2H3,(H,27,30)/t18?,19-/m0/s1. The smallest absolute Gasteiger partial charge is 0.252 e. The van der Waals surface area contributed by atoms with Gasteiger partial charge in [-0.15, -0.1) is 11.3 Å². The minimum Gasteiger partial charge on any atom is -0.352 e. The molecule has 0 aliphatic heterocycles. The van der Waals surface area contributed by atoms with Crippen molar-refractivity contribution in [1.82, 2.24) is 10.2 Å². The number of nitrogens with zero attached hydrogens (tertiary/aromatic N) is 2. The number of rotatable bonds is 11. The first kappa shape index (κ1) is 22.5. The molecule has 1 heterocycles. The van der Waals surface area contributed by atoms with Crippen LogP contribution in [-0.2, 0) is 24.1 Å². The predicted molar refractivity (Wildman–Crippen MR) is 123 cm³/mol. The van der Waals surface area contributed by atoms with E-state index in [0.29, 0.717) is 30.6 Å². The van der Waals surface area contributed by atoms with E-state index in [-0.39, 0.29) is 17.9 Å². The maximum atomic E-state index is 13.2. The lowest BCUT2D eigenvalue weighted by molar-refractivity contribution is -0.119. The molecule has 2 atom stereocenters. The van der Waals surface area contributed by atoms with Gasteiger partial charge in [-0.1, -0.05) is 13.3 Å². The Morgan fingerprint density at radius 2 is 2.03 bits per heavy atom. The van der Waals surface area contributed by atoms with Gasteiger partial charge in [0.15, 0.2) is 0 Å². The molecular formula is C25H35N3O2S. The van der Waals surface area contributed by atoms with Crippen molar-refractivity contribution in [2.24, 2.45) is 11.8 Å². The Balaban J connectivity index is 1.56. The number of fused-ring (bicyclic) bond motifs is 1. The first-order valence-corrected chi connectivity index (χ1v) is 12.9. The van der Waals surface area contributed by atoms with Gasteiger partial charge in [0.1, 0.15) is 5.78 Å². The molecule has 0 spiro atoms. The van der Waals surface area contributed by atoms with Crippen molar-refractivity contribution in [3.05, 3.63) is 20.9 Å². The van der Waals surface area contributed by atoms with Gasteiger partial charge < -0.3 is 5.32 Å². The van der Waals surface area contributed by atoms with Crippen molar-refractivity contribution in [3.8, 4) is 6.07 Å². The summed E-state index contributed by atoms with van der Waals surface area (Å²) in [4.78, 5) is 30.5. The van der Waals surface area contributed by atoms with E-state index < -0.39 is 0 Å². The molecule has 0 aromatic carbocycles. The summed E-state index contributed by atoms with van der Waals surface area (Å²) in [7, 11) is 2.14. The zero-order valence-corrected chi connectivity index (χ0v) is 19.7. The quantitative estimate of drug-likeness (QED) is 0.556. The Kier molecular flexibility index (Phi) is 7.13. The number of nitrogens with one attached hydrogen (secondary N) is 1. The molecule has 1 amide bonds. The summed E-state index contributed by atoms with van der Waals surface area (Å²) in [5, 5.41) is 12.4. The number of hydrogen-bond donors (Lipinski definition) is 1. The van der Waals surface area contributed by atoms with Gasteiger partial charge in [-0.3, -0.25) is 14.5 Å². The summed E-state index contributed by atoms with van der Waals surface area (Å²) in [5.41, 5.74) is 1.98. The third kappa shape index (κ3) is 5.38. The minimum absolute atomic E-state index is 0.0217. The molecule has 1 unspecified atom stereocenters. The van der Waals surface area contributed by atoms with E-state index in [1.54, 1.807) is 11.3 Å². The lowest BCUT2D eigenvalue weighted by Gasteiger charge is -2.36. The number of ketones is 1. The monoisotopic (exact) mass is 441 g/mol. The van der Waals surface area contributed by atoms with Crippen LogP contribution in [0.2, 0.25) is 0 Å². The maximum Gasteiger partial charge on any atom is 0.252 e. The number of likely N-dealkylation sites (N-methyl/N-ethyl adjacent to an activating group) is 1. The predicted octanol–water partition coefficient (Wildman–Crippen LogP) is 4.28. The summed E-state index contributed by atoms with van der Waals surface area (Å²) >= 11 is 1.70. The highest BCUT2D eigenvalue weighted by molar-refractivity contribution is 7.12. The van der Waals surface area contributed by atoms with Gasteiger partial charge in [-0.25, -0.2) is 0 Å². The van der Waals surface area contributed by atoms with Crippen molar-refractivity contribution in [2.75, 3.05) is 13.6 Å². The van der Waals surface area contributed by atoms with Gasteiger partial charge >= 0.3 is 0 Å².